The molecule has 26 heavy (non-hydrogen) atoms. The lowest BCUT2D eigenvalue weighted by atomic mass is 10.1. The fraction of sp³-hybridized carbons (Fsp3) is 0.500. The molecule has 2 rings (SSSR count). The average Bonchev–Trinajstić information content (AvgIpc) is 2.91. The van der Waals surface area contributed by atoms with Gasteiger partial charge in [-0.05, 0) is 24.5 Å². The molecule has 16 heteroatoms. The fourth-order valence-corrected chi connectivity index (χ4v) is 5.21. The Morgan fingerprint density at radius 2 is 1.81 bits per heavy atom. The lowest BCUT2D eigenvalue weighted by molar-refractivity contribution is 0.00995. The summed E-state index contributed by atoms with van der Waals surface area (Å²) in [6.45, 7) is -0.470. The minimum Gasteiger partial charge on any atom is -0.384 e. The quantitative estimate of drug-likeness (QED) is 0.365. The molecular weight excluding hydrogens is 417 g/mol. The maximum atomic E-state index is 11.6. The molecule has 1 aromatic heterocycles. The molecule has 1 aliphatic rings. The molecular formula is C10H17N2O11P3. The molecule has 0 amide bonds. The van der Waals surface area contributed by atoms with Crippen LogP contribution in [0.5, 0.6) is 0 Å². The first-order valence-corrected chi connectivity index (χ1v) is 11.5. The summed E-state index contributed by atoms with van der Waals surface area (Å²) >= 11 is 0. The molecule has 0 saturated carbocycles. The maximum absolute atomic E-state index is 11.6. The molecule has 0 aliphatic carbocycles. The van der Waals surface area contributed by atoms with Crippen molar-refractivity contribution >= 4 is 29.3 Å². The number of anilines is 1. The Balaban J connectivity index is 1.86. The van der Waals surface area contributed by atoms with E-state index in [-0.39, 0.29) is 6.10 Å². The van der Waals surface area contributed by atoms with E-state index in [1.54, 1.807) is 12.1 Å². The highest BCUT2D eigenvalue weighted by molar-refractivity contribution is 7.66. The van der Waals surface area contributed by atoms with Crippen LogP contribution in [0.25, 0.3) is 0 Å². The first-order chi connectivity index (χ1) is 11.9. The monoisotopic (exact) mass is 434 g/mol. The lowest BCUT2D eigenvalue weighted by Crippen LogP contribution is -2.14. The Kier molecular flexibility index (Phi) is 6.76. The van der Waals surface area contributed by atoms with Crippen molar-refractivity contribution in [1.29, 1.82) is 0 Å². The summed E-state index contributed by atoms with van der Waals surface area (Å²) in [5.74, 6) is 0.343. The van der Waals surface area contributed by atoms with E-state index < -0.39 is 36.2 Å². The van der Waals surface area contributed by atoms with Crippen LogP contribution in [-0.2, 0) is 31.6 Å². The van der Waals surface area contributed by atoms with Gasteiger partial charge in [0.1, 0.15) is 5.82 Å². The molecule has 1 aliphatic heterocycles. The second kappa shape index (κ2) is 8.14. The highest BCUT2D eigenvalue weighted by atomic mass is 31.3. The van der Waals surface area contributed by atoms with E-state index in [1.807, 2.05) is 0 Å². The van der Waals surface area contributed by atoms with Gasteiger partial charge in [0.15, 0.2) is 0 Å². The van der Waals surface area contributed by atoms with E-state index in [4.69, 9.17) is 25.2 Å². The summed E-state index contributed by atoms with van der Waals surface area (Å²) in [5, 5.41) is 0. The minimum atomic E-state index is -5.52. The zero-order valence-electron chi connectivity index (χ0n) is 13.0. The van der Waals surface area contributed by atoms with Gasteiger partial charge in [-0.15, -0.1) is 0 Å². The van der Waals surface area contributed by atoms with Crippen molar-refractivity contribution < 1.29 is 51.2 Å². The van der Waals surface area contributed by atoms with E-state index in [0.717, 1.165) is 5.56 Å². The van der Waals surface area contributed by atoms with Crippen molar-refractivity contribution in [2.45, 2.75) is 25.0 Å². The number of phosphoric acid groups is 3. The van der Waals surface area contributed by atoms with Crippen LogP contribution in [0.15, 0.2) is 18.3 Å². The van der Waals surface area contributed by atoms with Crippen LogP contribution in [0.4, 0.5) is 5.82 Å². The molecule has 13 nitrogen and oxygen atoms in total. The molecule has 0 radical (unpaired) electrons. The summed E-state index contributed by atoms with van der Waals surface area (Å²) in [6.07, 6.45) is 1.59. The van der Waals surface area contributed by atoms with Crippen LogP contribution in [0.3, 0.4) is 0 Å². The highest BCUT2D eigenvalue weighted by Gasteiger charge is 2.41. The summed E-state index contributed by atoms with van der Waals surface area (Å²) < 4.78 is 50.7. The van der Waals surface area contributed by atoms with Crippen molar-refractivity contribution in [3.05, 3.63) is 23.9 Å². The van der Waals surface area contributed by atoms with Gasteiger partial charge in [0.05, 0.1) is 18.8 Å². The Labute approximate surface area is 147 Å². The van der Waals surface area contributed by atoms with Crippen molar-refractivity contribution in [3.8, 4) is 0 Å². The molecule has 0 aromatic carbocycles. The minimum absolute atomic E-state index is 0.336. The summed E-state index contributed by atoms with van der Waals surface area (Å²) in [7, 11) is -16.1. The van der Waals surface area contributed by atoms with E-state index in [1.165, 1.54) is 6.20 Å². The van der Waals surface area contributed by atoms with Gasteiger partial charge < -0.3 is 30.0 Å². The normalized spacial score (nSPS) is 25.5. The molecule has 2 unspecified atom stereocenters. The standard InChI is InChI=1S/C10H17N2O11P3/c11-10-4-1-7(5-12-10)9-3-2-8(21-9)6-20-25(16,17)23-26(18,19)22-24(13,14)15/h1,4-5,8-9H,2-3,6H2,(H2,11,12)(H,16,17)(H,18,19)(H2,13,14,15)/t8-,9+/m0/s1. The number of nitrogens with two attached hydrogens (primary N) is 1. The predicted octanol–water partition coefficient (Wildman–Crippen LogP) is 1.23. The van der Waals surface area contributed by atoms with Crippen LogP contribution < -0.4 is 5.73 Å². The van der Waals surface area contributed by atoms with Gasteiger partial charge in [-0.25, -0.2) is 18.7 Å². The van der Waals surface area contributed by atoms with Crippen molar-refractivity contribution in [3.63, 3.8) is 0 Å². The van der Waals surface area contributed by atoms with E-state index >= 15 is 0 Å². The summed E-state index contributed by atoms with van der Waals surface area (Å²) in [4.78, 5) is 39.2. The third-order valence-corrected chi connectivity index (χ3v) is 6.93. The Bertz CT molecular complexity index is 766. The second-order valence-electron chi connectivity index (χ2n) is 5.23. The van der Waals surface area contributed by atoms with E-state index in [9.17, 15) is 18.6 Å². The van der Waals surface area contributed by atoms with Crippen molar-refractivity contribution in [2.24, 2.45) is 0 Å². The number of nitrogens with zero attached hydrogens (tertiary/aromatic N) is 1. The third kappa shape index (κ3) is 7.15. The number of rotatable bonds is 8. The van der Waals surface area contributed by atoms with Gasteiger partial charge in [0.2, 0.25) is 0 Å². The van der Waals surface area contributed by atoms with Gasteiger partial charge >= 0.3 is 23.5 Å². The second-order valence-corrected chi connectivity index (χ2v) is 9.65. The SMILES string of the molecule is Nc1ccc([C@H]2CC[C@@H](COP(=O)(O)OP(=O)(O)OP(=O)(O)O)O2)cn1. The third-order valence-electron chi connectivity index (χ3n) is 3.13. The van der Waals surface area contributed by atoms with Crippen LogP contribution in [0, 0.1) is 0 Å². The maximum Gasteiger partial charge on any atom is 0.490 e. The largest absolute Gasteiger partial charge is 0.490 e. The van der Waals surface area contributed by atoms with E-state index in [2.05, 4.69) is 18.1 Å². The lowest BCUT2D eigenvalue weighted by Gasteiger charge is -2.18. The molecule has 4 atom stereocenters. The Morgan fingerprint density at radius 3 is 2.38 bits per heavy atom. The van der Waals surface area contributed by atoms with Crippen molar-refractivity contribution in [2.75, 3.05) is 12.3 Å². The first-order valence-electron chi connectivity index (χ1n) is 7.00. The smallest absolute Gasteiger partial charge is 0.384 e. The predicted molar refractivity (Wildman–Crippen MR) is 85.3 cm³/mol. The zero-order valence-corrected chi connectivity index (χ0v) is 15.7. The topological polar surface area (TPSA) is 208 Å². The molecule has 6 N–H and O–H groups in total. The Morgan fingerprint density at radius 1 is 1.12 bits per heavy atom. The van der Waals surface area contributed by atoms with Crippen LogP contribution in [0.2, 0.25) is 0 Å². The fourth-order valence-electron chi connectivity index (χ4n) is 2.16. The van der Waals surface area contributed by atoms with Crippen LogP contribution in [0.1, 0.15) is 24.5 Å². The molecule has 1 aromatic rings. The van der Waals surface area contributed by atoms with Crippen LogP contribution in [-0.4, -0.2) is 37.3 Å². The zero-order chi connectivity index (χ0) is 19.6. The highest BCUT2D eigenvalue weighted by Crippen LogP contribution is 2.66. The van der Waals surface area contributed by atoms with Crippen LogP contribution >= 0.6 is 23.5 Å². The summed E-state index contributed by atoms with van der Waals surface area (Å²) in [6, 6.07) is 3.32. The number of phosphoric ester groups is 1. The van der Waals surface area contributed by atoms with Gasteiger partial charge in [0.25, 0.3) is 0 Å². The summed E-state index contributed by atoms with van der Waals surface area (Å²) in [5.41, 5.74) is 6.24. The average molecular weight is 434 g/mol. The van der Waals surface area contributed by atoms with Gasteiger partial charge in [-0.3, -0.25) is 4.52 Å². The molecule has 0 spiro atoms. The molecule has 2 heterocycles. The molecule has 0 bridgehead atoms. The number of hydrogen-bond acceptors (Lipinski definition) is 9. The number of pyridine rings is 1. The number of nitrogen functional groups attached to an aromatic ring is 1. The first kappa shape index (κ1) is 21.6. The molecule has 1 saturated heterocycles. The number of hydrogen-bond donors (Lipinski definition) is 5. The molecule has 1 fully saturated rings. The van der Waals surface area contributed by atoms with Crippen molar-refractivity contribution in [1.82, 2.24) is 4.98 Å². The number of aromatic nitrogens is 1. The van der Waals surface area contributed by atoms with Gasteiger partial charge in [-0.2, -0.15) is 8.62 Å². The Hall–Kier alpha value is -0.680. The van der Waals surface area contributed by atoms with Gasteiger partial charge in [-0.1, -0.05) is 6.07 Å². The van der Waals surface area contributed by atoms with E-state index in [0.29, 0.717) is 18.7 Å². The van der Waals surface area contributed by atoms with Gasteiger partial charge in [0, 0.05) is 6.20 Å². The molecule has 148 valence electrons. The number of ether oxygens (including phenoxy) is 1.